The number of anilines is 1. The fraction of sp³-hybridized carbons (Fsp3) is 0.333. The molecule has 4 nitrogen and oxygen atoms in total. The van der Waals surface area contributed by atoms with Gasteiger partial charge >= 0.3 is 6.18 Å². The molecule has 0 spiro atoms. The summed E-state index contributed by atoms with van der Waals surface area (Å²) in [4.78, 5) is 24.9. The lowest BCUT2D eigenvalue weighted by Gasteiger charge is -2.09. The lowest BCUT2D eigenvalue weighted by Crippen LogP contribution is -2.34. The Labute approximate surface area is 172 Å². The van der Waals surface area contributed by atoms with Crippen LogP contribution in [0.5, 0.6) is 0 Å². The molecule has 2 N–H and O–H groups in total. The van der Waals surface area contributed by atoms with E-state index in [0.29, 0.717) is 16.5 Å². The van der Waals surface area contributed by atoms with Gasteiger partial charge in [0.1, 0.15) is 6.54 Å². The SMILES string of the molecule is CC(C)Sc1ccc(CC(=O)Nc2ccc(CC(=O)NCC(F)(F)F)cc2)cc1. The molecule has 0 bridgehead atoms. The normalized spacial score (nSPS) is 11.4. The van der Waals surface area contributed by atoms with E-state index in [9.17, 15) is 22.8 Å². The third kappa shape index (κ3) is 9.04. The topological polar surface area (TPSA) is 58.2 Å². The molecule has 0 radical (unpaired) electrons. The van der Waals surface area contributed by atoms with E-state index in [1.807, 2.05) is 29.6 Å². The fourth-order valence-corrected chi connectivity index (χ4v) is 3.34. The second-order valence-corrected chi connectivity index (χ2v) is 8.45. The van der Waals surface area contributed by atoms with Crippen molar-refractivity contribution in [3.8, 4) is 0 Å². The van der Waals surface area contributed by atoms with E-state index in [1.165, 1.54) is 0 Å². The number of halogens is 3. The second-order valence-electron chi connectivity index (χ2n) is 6.80. The zero-order valence-corrected chi connectivity index (χ0v) is 17.0. The van der Waals surface area contributed by atoms with E-state index in [2.05, 4.69) is 19.2 Å². The van der Waals surface area contributed by atoms with Gasteiger partial charge in [-0.1, -0.05) is 38.1 Å². The highest BCUT2D eigenvalue weighted by Gasteiger charge is 2.27. The number of nitrogens with one attached hydrogen (secondary N) is 2. The second kappa shape index (κ2) is 10.3. The maximum absolute atomic E-state index is 12.2. The van der Waals surface area contributed by atoms with Crippen molar-refractivity contribution in [1.82, 2.24) is 5.32 Å². The van der Waals surface area contributed by atoms with Gasteiger partial charge in [-0.3, -0.25) is 9.59 Å². The van der Waals surface area contributed by atoms with Crippen LogP contribution in [0.4, 0.5) is 18.9 Å². The minimum Gasteiger partial charge on any atom is -0.347 e. The van der Waals surface area contributed by atoms with Gasteiger partial charge in [0.2, 0.25) is 11.8 Å². The largest absolute Gasteiger partial charge is 0.405 e. The fourth-order valence-electron chi connectivity index (χ4n) is 2.50. The van der Waals surface area contributed by atoms with E-state index >= 15 is 0 Å². The molecule has 2 rings (SSSR count). The highest BCUT2D eigenvalue weighted by atomic mass is 32.2. The molecule has 0 aliphatic heterocycles. The number of amides is 2. The van der Waals surface area contributed by atoms with Crippen LogP contribution >= 0.6 is 11.8 Å². The highest BCUT2D eigenvalue weighted by molar-refractivity contribution is 7.99. The van der Waals surface area contributed by atoms with Crippen molar-refractivity contribution in [3.63, 3.8) is 0 Å². The molecule has 0 fully saturated rings. The molecule has 2 aromatic rings. The van der Waals surface area contributed by atoms with Gasteiger partial charge in [-0.15, -0.1) is 11.8 Å². The van der Waals surface area contributed by atoms with Crippen LogP contribution in [0, 0.1) is 0 Å². The van der Waals surface area contributed by atoms with Gasteiger partial charge in [0.15, 0.2) is 0 Å². The highest BCUT2D eigenvalue weighted by Crippen LogP contribution is 2.23. The minimum absolute atomic E-state index is 0.162. The first-order valence-corrected chi connectivity index (χ1v) is 9.96. The van der Waals surface area contributed by atoms with Crippen LogP contribution < -0.4 is 10.6 Å². The van der Waals surface area contributed by atoms with Gasteiger partial charge in [-0.25, -0.2) is 0 Å². The molecule has 0 saturated carbocycles. The third-order valence-electron chi connectivity index (χ3n) is 3.75. The minimum atomic E-state index is -4.43. The smallest absolute Gasteiger partial charge is 0.347 e. The van der Waals surface area contributed by atoms with Gasteiger partial charge in [0.05, 0.1) is 12.8 Å². The molecule has 156 valence electrons. The Balaban J connectivity index is 1.82. The first-order valence-electron chi connectivity index (χ1n) is 9.08. The molecule has 2 aromatic carbocycles. The molecule has 29 heavy (non-hydrogen) atoms. The number of carbonyl (C=O) groups is 2. The van der Waals surface area contributed by atoms with Gasteiger partial charge < -0.3 is 10.6 Å². The standard InChI is InChI=1S/C21H23F3N2O2S/c1-14(2)29-18-9-5-16(6-10-18)12-20(28)26-17-7-3-15(4-8-17)11-19(27)25-13-21(22,23)24/h3-10,14H,11-13H2,1-2H3,(H,25,27)(H,26,28). The maximum atomic E-state index is 12.2. The average Bonchev–Trinajstić information content (AvgIpc) is 2.62. The van der Waals surface area contributed by atoms with Crippen molar-refractivity contribution in [3.05, 3.63) is 59.7 Å². The Bertz CT molecular complexity index is 819. The van der Waals surface area contributed by atoms with Crippen molar-refractivity contribution in [2.24, 2.45) is 0 Å². The summed E-state index contributed by atoms with van der Waals surface area (Å²) in [6, 6.07) is 14.3. The summed E-state index contributed by atoms with van der Waals surface area (Å²) in [6.45, 7) is 2.88. The molecular formula is C21H23F3N2O2S. The molecule has 0 saturated heterocycles. The molecule has 0 atom stereocenters. The molecule has 0 unspecified atom stereocenters. The van der Waals surface area contributed by atoms with Crippen molar-refractivity contribution >= 4 is 29.3 Å². The number of alkyl halides is 3. The summed E-state index contributed by atoms with van der Waals surface area (Å²) in [5.74, 6) is -0.886. The number of thioether (sulfide) groups is 1. The predicted octanol–water partition coefficient (Wildman–Crippen LogP) is 4.59. The molecule has 0 aliphatic rings. The quantitative estimate of drug-likeness (QED) is 0.610. The molecular weight excluding hydrogens is 401 g/mol. The summed E-state index contributed by atoms with van der Waals surface area (Å²) in [5.41, 5.74) is 2.01. The van der Waals surface area contributed by atoms with Crippen LogP contribution in [0.25, 0.3) is 0 Å². The predicted molar refractivity (Wildman–Crippen MR) is 109 cm³/mol. The van der Waals surface area contributed by atoms with Crippen LogP contribution in [-0.4, -0.2) is 29.8 Å². The Hall–Kier alpha value is -2.48. The van der Waals surface area contributed by atoms with Gasteiger partial charge in [0, 0.05) is 15.8 Å². The van der Waals surface area contributed by atoms with Crippen LogP contribution in [-0.2, 0) is 22.4 Å². The van der Waals surface area contributed by atoms with E-state index in [0.717, 1.165) is 10.5 Å². The zero-order valence-electron chi connectivity index (χ0n) is 16.2. The van der Waals surface area contributed by atoms with Crippen molar-refractivity contribution in [2.75, 3.05) is 11.9 Å². The Morgan fingerprint density at radius 2 is 1.41 bits per heavy atom. The maximum Gasteiger partial charge on any atom is 0.405 e. The molecule has 0 aliphatic carbocycles. The van der Waals surface area contributed by atoms with Gasteiger partial charge in [-0.05, 0) is 35.4 Å². The van der Waals surface area contributed by atoms with Gasteiger partial charge in [0.25, 0.3) is 0 Å². The number of carbonyl (C=O) groups excluding carboxylic acids is 2. The monoisotopic (exact) mass is 424 g/mol. The summed E-state index contributed by atoms with van der Waals surface area (Å²) in [6.07, 6.45) is -4.36. The summed E-state index contributed by atoms with van der Waals surface area (Å²) in [5, 5.41) is 5.08. The lowest BCUT2D eigenvalue weighted by atomic mass is 10.1. The number of hydrogen-bond acceptors (Lipinski definition) is 3. The molecule has 2 amide bonds. The Morgan fingerprint density at radius 1 is 0.897 bits per heavy atom. The van der Waals surface area contributed by atoms with Crippen LogP contribution in [0.1, 0.15) is 25.0 Å². The number of hydrogen-bond donors (Lipinski definition) is 2. The lowest BCUT2D eigenvalue weighted by molar-refractivity contribution is -0.138. The van der Waals surface area contributed by atoms with Crippen LogP contribution in [0.2, 0.25) is 0 Å². The van der Waals surface area contributed by atoms with Crippen LogP contribution in [0.3, 0.4) is 0 Å². The van der Waals surface area contributed by atoms with Gasteiger partial charge in [-0.2, -0.15) is 13.2 Å². The van der Waals surface area contributed by atoms with E-state index in [4.69, 9.17) is 0 Å². The van der Waals surface area contributed by atoms with E-state index < -0.39 is 18.6 Å². The first kappa shape index (κ1) is 22.8. The van der Waals surface area contributed by atoms with Crippen molar-refractivity contribution in [1.29, 1.82) is 0 Å². The zero-order chi connectivity index (χ0) is 21.4. The average molecular weight is 424 g/mol. The van der Waals surface area contributed by atoms with Crippen molar-refractivity contribution in [2.45, 2.75) is 43.0 Å². The Morgan fingerprint density at radius 3 is 1.93 bits per heavy atom. The summed E-state index contributed by atoms with van der Waals surface area (Å²) in [7, 11) is 0. The number of benzene rings is 2. The number of rotatable bonds is 8. The Kier molecular flexibility index (Phi) is 8.13. The van der Waals surface area contributed by atoms with E-state index in [1.54, 1.807) is 36.0 Å². The van der Waals surface area contributed by atoms with E-state index in [-0.39, 0.29) is 18.7 Å². The first-order chi connectivity index (χ1) is 13.6. The third-order valence-corrected chi connectivity index (χ3v) is 4.76. The van der Waals surface area contributed by atoms with Crippen LogP contribution in [0.15, 0.2) is 53.4 Å². The van der Waals surface area contributed by atoms with Crippen molar-refractivity contribution < 1.29 is 22.8 Å². The summed E-state index contributed by atoms with van der Waals surface area (Å²) >= 11 is 1.75. The molecule has 0 aromatic heterocycles. The molecule has 0 heterocycles. The molecule has 8 heteroatoms. The summed E-state index contributed by atoms with van der Waals surface area (Å²) < 4.78 is 36.3.